The molecule has 4 heteroatoms. The van der Waals surface area contributed by atoms with Crippen molar-refractivity contribution in [2.45, 2.75) is 19.8 Å². The number of nitro groups is 1. The Bertz CT molecular complexity index is 394. The Labute approximate surface area is 81.9 Å². The third-order valence-corrected chi connectivity index (χ3v) is 2.05. The molecule has 0 aliphatic carbocycles. The summed E-state index contributed by atoms with van der Waals surface area (Å²) in [5.74, 6) is 0. The molecule has 0 aliphatic rings. The zero-order chi connectivity index (χ0) is 10.6. The van der Waals surface area contributed by atoms with E-state index in [4.69, 9.17) is 5.26 Å². The minimum absolute atomic E-state index is 0.0866. The molecule has 4 nitrogen and oxygen atoms in total. The first kappa shape index (κ1) is 10.2. The first-order valence-corrected chi connectivity index (χ1v) is 4.26. The number of nitriles is 1. The van der Waals surface area contributed by atoms with Gasteiger partial charge in [-0.3, -0.25) is 10.1 Å². The molecule has 0 fully saturated rings. The van der Waals surface area contributed by atoms with Crippen LogP contribution >= 0.6 is 0 Å². The van der Waals surface area contributed by atoms with Crippen molar-refractivity contribution in [2.24, 2.45) is 0 Å². The third kappa shape index (κ3) is 2.30. The van der Waals surface area contributed by atoms with Gasteiger partial charge in [-0.15, -0.1) is 0 Å². The number of benzene rings is 1. The molecular weight excluding hydrogens is 180 g/mol. The third-order valence-electron chi connectivity index (χ3n) is 2.05. The monoisotopic (exact) mass is 190 g/mol. The van der Waals surface area contributed by atoms with Gasteiger partial charge in [-0.2, -0.15) is 5.26 Å². The van der Waals surface area contributed by atoms with E-state index in [2.05, 4.69) is 0 Å². The van der Waals surface area contributed by atoms with E-state index in [0.29, 0.717) is 12.8 Å². The van der Waals surface area contributed by atoms with Gasteiger partial charge in [0.1, 0.15) is 0 Å². The van der Waals surface area contributed by atoms with Crippen molar-refractivity contribution in [3.05, 3.63) is 39.4 Å². The molecule has 1 aromatic rings. The van der Waals surface area contributed by atoms with Gasteiger partial charge in [-0.05, 0) is 24.5 Å². The zero-order valence-corrected chi connectivity index (χ0v) is 7.86. The maximum absolute atomic E-state index is 10.5. The molecule has 0 aromatic heterocycles. The lowest BCUT2D eigenvalue weighted by molar-refractivity contribution is -0.384. The highest BCUT2D eigenvalue weighted by atomic mass is 16.6. The summed E-state index contributed by atoms with van der Waals surface area (Å²) in [4.78, 5) is 10.1. The molecule has 0 atom stereocenters. The van der Waals surface area contributed by atoms with E-state index in [1.807, 2.05) is 13.0 Å². The van der Waals surface area contributed by atoms with Gasteiger partial charge in [0.05, 0.1) is 11.0 Å². The number of rotatable bonds is 3. The van der Waals surface area contributed by atoms with E-state index in [1.54, 1.807) is 6.07 Å². The van der Waals surface area contributed by atoms with Crippen LogP contribution in [0.15, 0.2) is 18.2 Å². The Hall–Kier alpha value is -1.89. The average molecular weight is 190 g/mol. The molecule has 14 heavy (non-hydrogen) atoms. The fraction of sp³-hybridized carbons (Fsp3) is 0.300. The van der Waals surface area contributed by atoms with E-state index in [0.717, 1.165) is 11.1 Å². The molecule has 72 valence electrons. The summed E-state index contributed by atoms with van der Waals surface area (Å²) in [6.45, 7) is 1.89. The van der Waals surface area contributed by atoms with E-state index >= 15 is 0 Å². The van der Waals surface area contributed by atoms with Gasteiger partial charge in [0.2, 0.25) is 0 Å². The lowest BCUT2D eigenvalue weighted by Crippen LogP contribution is -1.93. The molecule has 0 N–H and O–H groups in total. The zero-order valence-electron chi connectivity index (χ0n) is 7.86. The Morgan fingerprint density at radius 3 is 2.86 bits per heavy atom. The number of nitro benzene ring substituents is 1. The van der Waals surface area contributed by atoms with Crippen molar-refractivity contribution in [3.8, 4) is 6.07 Å². The summed E-state index contributed by atoms with van der Waals surface area (Å²) in [7, 11) is 0. The fourth-order valence-corrected chi connectivity index (χ4v) is 1.23. The molecule has 0 heterocycles. The molecule has 0 bridgehead atoms. The van der Waals surface area contributed by atoms with Crippen LogP contribution in [0.1, 0.15) is 17.5 Å². The van der Waals surface area contributed by atoms with Gasteiger partial charge < -0.3 is 0 Å². The van der Waals surface area contributed by atoms with Crippen LogP contribution in [-0.4, -0.2) is 4.92 Å². The van der Waals surface area contributed by atoms with Gasteiger partial charge >= 0.3 is 0 Å². The highest BCUT2D eigenvalue weighted by molar-refractivity contribution is 5.39. The smallest absolute Gasteiger partial charge is 0.258 e. The number of nitrogens with zero attached hydrogens (tertiary/aromatic N) is 2. The fourth-order valence-electron chi connectivity index (χ4n) is 1.23. The largest absolute Gasteiger partial charge is 0.269 e. The molecule has 0 radical (unpaired) electrons. The summed E-state index contributed by atoms with van der Waals surface area (Å²) in [6.07, 6.45) is 0.964. The second kappa shape index (κ2) is 4.38. The Balaban J connectivity index is 2.97. The standard InChI is InChI=1S/C10H10N2O2/c1-8-4-5-10(12(13)14)7-9(8)3-2-6-11/h4-5,7H,2-3H2,1H3. The maximum Gasteiger partial charge on any atom is 0.269 e. The van der Waals surface area contributed by atoms with Gasteiger partial charge in [-0.25, -0.2) is 0 Å². The van der Waals surface area contributed by atoms with E-state index in [-0.39, 0.29) is 5.69 Å². The SMILES string of the molecule is Cc1ccc([N+](=O)[O-])cc1CCC#N. The van der Waals surface area contributed by atoms with Crippen LogP contribution in [0.3, 0.4) is 0 Å². The van der Waals surface area contributed by atoms with E-state index in [9.17, 15) is 10.1 Å². The van der Waals surface area contributed by atoms with Crippen LogP contribution in [0.2, 0.25) is 0 Å². The van der Waals surface area contributed by atoms with Crippen molar-refractivity contribution in [3.63, 3.8) is 0 Å². The van der Waals surface area contributed by atoms with Crippen LogP contribution < -0.4 is 0 Å². The van der Waals surface area contributed by atoms with Crippen molar-refractivity contribution in [1.82, 2.24) is 0 Å². The summed E-state index contributed by atoms with van der Waals surface area (Å²) in [5.41, 5.74) is 1.95. The Morgan fingerprint density at radius 2 is 2.29 bits per heavy atom. The van der Waals surface area contributed by atoms with Gasteiger partial charge in [-0.1, -0.05) is 6.07 Å². The highest BCUT2D eigenvalue weighted by Gasteiger charge is 2.07. The summed E-state index contributed by atoms with van der Waals surface area (Å²) < 4.78 is 0. The molecule has 0 amide bonds. The molecule has 0 saturated carbocycles. The summed E-state index contributed by atoms with van der Waals surface area (Å²) >= 11 is 0. The summed E-state index contributed by atoms with van der Waals surface area (Å²) in [5, 5.41) is 18.9. The van der Waals surface area contributed by atoms with E-state index in [1.165, 1.54) is 12.1 Å². The number of hydrogen-bond donors (Lipinski definition) is 0. The van der Waals surface area contributed by atoms with Crippen molar-refractivity contribution < 1.29 is 4.92 Å². The second-order valence-corrected chi connectivity index (χ2v) is 3.03. The first-order chi connectivity index (χ1) is 6.65. The second-order valence-electron chi connectivity index (χ2n) is 3.03. The number of aryl methyl sites for hydroxylation is 2. The normalized spacial score (nSPS) is 9.43. The number of non-ortho nitro benzene ring substituents is 1. The molecular formula is C10H10N2O2. The van der Waals surface area contributed by atoms with Crippen molar-refractivity contribution >= 4 is 5.69 Å². The summed E-state index contributed by atoms with van der Waals surface area (Å²) in [6, 6.07) is 6.75. The van der Waals surface area contributed by atoms with E-state index < -0.39 is 4.92 Å². The number of hydrogen-bond acceptors (Lipinski definition) is 3. The van der Waals surface area contributed by atoms with Crippen LogP contribution in [0.4, 0.5) is 5.69 Å². The maximum atomic E-state index is 10.5. The Kier molecular flexibility index (Phi) is 3.19. The molecule has 0 spiro atoms. The minimum Gasteiger partial charge on any atom is -0.258 e. The molecule has 0 saturated heterocycles. The van der Waals surface area contributed by atoms with Gasteiger partial charge in [0.25, 0.3) is 5.69 Å². The van der Waals surface area contributed by atoms with Crippen LogP contribution in [-0.2, 0) is 6.42 Å². The molecule has 0 aliphatic heterocycles. The predicted octanol–water partition coefficient (Wildman–Crippen LogP) is 2.36. The topological polar surface area (TPSA) is 66.9 Å². The lowest BCUT2D eigenvalue weighted by atomic mass is 10.0. The first-order valence-electron chi connectivity index (χ1n) is 4.26. The quantitative estimate of drug-likeness (QED) is 0.542. The van der Waals surface area contributed by atoms with Crippen molar-refractivity contribution in [1.29, 1.82) is 5.26 Å². The molecule has 1 aromatic carbocycles. The lowest BCUT2D eigenvalue weighted by Gasteiger charge is -2.02. The van der Waals surface area contributed by atoms with Crippen LogP contribution in [0, 0.1) is 28.4 Å². The average Bonchev–Trinajstić information content (AvgIpc) is 2.16. The van der Waals surface area contributed by atoms with Crippen molar-refractivity contribution in [2.75, 3.05) is 0 Å². The van der Waals surface area contributed by atoms with Crippen LogP contribution in [0.25, 0.3) is 0 Å². The van der Waals surface area contributed by atoms with Gasteiger partial charge in [0, 0.05) is 18.6 Å². The predicted molar refractivity (Wildman–Crippen MR) is 51.8 cm³/mol. The molecule has 1 rings (SSSR count). The Morgan fingerprint density at radius 1 is 1.57 bits per heavy atom. The minimum atomic E-state index is -0.421. The highest BCUT2D eigenvalue weighted by Crippen LogP contribution is 2.18. The van der Waals surface area contributed by atoms with Gasteiger partial charge in [0.15, 0.2) is 0 Å². The van der Waals surface area contributed by atoms with Crippen LogP contribution in [0.5, 0.6) is 0 Å². The molecule has 0 unspecified atom stereocenters.